The maximum absolute atomic E-state index is 12.8. The number of nitrogens with zero attached hydrogens (tertiary/aromatic N) is 2. The Morgan fingerprint density at radius 3 is 2.68 bits per heavy atom. The smallest absolute Gasteiger partial charge is 0.251 e. The predicted molar refractivity (Wildman–Crippen MR) is 113 cm³/mol. The van der Waals surface area contributed by atoms with E-state index in [1.807, 2.05) is 11.0 Å². The zero-order valence-electron chi connectivity index (χ0n) is 15.6. The molecular weight excluding hydrogens is 420 g/mol. The van der Waals surface area contributed by atoms with E-state index in [-0.39, 0.29) is 34.6 Å². The number of anilines is 1. The third-order valence-electron chi connectivity index (χ3n) is 5.64. The number of fused-ring (bicyclic) bond motifs is 1. The van der Waals surface area contributed by atoms with E-state index < -0.39 is 9.84 Å². The summed E-state index contributed by atoms with van der Waals surface area (Å²) < 4.78 is 29.6. The van der Waals surface area contributed by atoms with Crippen LogP contribution in [0.3, 0.4) is 0 Å². The van der Waals surface area contributed by atoms with Gasteiger partial charge in [0.1, 0.15) is 5.75 Å². The molecule has 9 heteroatoms. The van der Waals surface area contributed by atoms with Crippen LogP contribution in [0.2, 0.25) is 5.02 Å². The van der Waals surface area contributed by atoms with Crippen molar-refractivity contribution in [2.75, 3.05) is 23.5 Å². The van der Waals surface area contributed by atoms with Gasteiger partial charge in [-0.05, 0) is 31.0 Å². The fraction of sp³-hybridized carbons (Fsp3) is 0.579. The van der Waals surface area contributed by atoms with Gasteiger partial charge in [0.05, 0.1) is 29.7 Å². The van der Waals surface area contributed by atoms with Crippen molar-refractivity contribution >= 4 is 50.0 Å². The number of thioether (sulfide) groups is 1. The lowest BCUT2D eigenvalue weighted by atomic mass is 9.89. The highest BCUT2D eigenvalue weighted by Crippen LogP contribution is 2.42. The average Bonchev–Trinajstić information content (AvgIpc) is 3.13. The summed E-state index contributed by atoms with van der Waals surface area (Å²) in [5, 5.41) is 0.901. The molecule has 3 aliphatic rings. The van der Waals surface area contributed by atoms with Gasteiger partial charge in [-0.15, -0.1) is 0 Å². The van der Waals surface area contributed by atoms with Crippen molar-refractivity contribution in [1.29, 1.82) is 0 Å². The molecule has 2 saturated heterocycles. The number of amidine groups is 1. The van der Waals surface area contributed by atoms with Gasteiger partial charge < -0.3 is 9.64 Å². The molecule has 0 N–H and O–H groups in total. The maximum atomic E-state index is 12.8. The quantitative estimate of drug-likeness (QED) is 0.712. The summed E-state index contributed by atoms with van der Waals surface area (Å²) in [4.78, 5) is 19.1. The van der Waals surface area contributed by atoms with Gasteiger partial charge in [-0.1, -0.05) is 42.6 Å². The normalized spacial score (nSPS) is 28.5. The summed E-state index contributed by atoms with van der Waals surface area (Å²) >= 11 is 7.69. The number of carbonyl (C=O) groups excluding carboxylic acids is 1. The lowest BCUT2D eigenvalue weighted by Gasteiger charge is -2.25. The summed E-state index contributed by atoms with van der Waals surface area (Å²) in [5.74, 6) is 0.608. The number of aliphatic imine (C=N–C) groups is 1. The Morgan fingerprint density at radius 2 is 2.00 bits per heavy atom. The number of rotatable bonds is 3. The molecule has 1 aromatic rings. The molecule has 1 saturated carbocycles. The highest BCUT2D eigenvalue weighted by Gasteiger charge is 2.49. The Labute approximate surface area is 174 Å². The first-order chi connectivity index (χ1) is 13.4. The van der Waals surface area contributed by atoms with Crippen molar-refractivity contribution in [3.8, 4) is 5.75 Å². The van der Waals surface area contributed by atoms with Crippen LogP contribution < -0.4 is 9.64 Å². The molecule has 3 fully saturated rings. The Bertz CT molecular complexity index is 913. The summed E-state index contributed by atoms with van der Waals surface area (Å²) in [6.07, 6.45) is 5.07. The zero-order valence-corrected chi connectivity index (χ0v) is 18.0. The number of carbonyl (C=O) groups is 1. The lowest BCUT2D eigenvalue weighted by molar-refractivity contribution is -0.122. The molecule has 28 heavy (non-hydrogen) atoms. The van der Waals surface area contributed by atoms with Crippen LogP contribution >= 0.6 is 23.4 Å². The van der Waals surface area contributed by atoms with Crippen molar-refractivity contribution in [2.45, 2.75) is 43.4 Å². The Balaban J connectivity index is 1.68. The van der Waals surface area contributed by atoms with E-state index in [0.29, 0.717) is 15.9 Å². The van der Waals surface area contributed by atoms with E-state index in [0.717, 1.165) is 31.4 Å². The number of ether oxygens (including phenoxy) is 1. The van der Waals surface area contributed by atoms with Crippen molar-refractivity contribution < 1.29 is 17.9 Å². The van der Waals surface area contributed by atoms with E-state index in [4.69, 9.17) is 16.3 Å². The van der Waals surface area contributed by atoms with E-state index in [2.05, 4.69) is 4.99 Å². The third-order valence-corrected chi connectivity index (χ3v) is 9.15. The second-order valence-electron chi connectivity index (χ2n) is 7.56. The van der Waals surface area contributed by atoms with Crippen molar-refractivity contribution in [2.24, 2.45) is 10.9 Å². The maximum Gasteiger partial charge on any atom is 0.251 e. The molecule has 0 radical (unpaired) electrons. The molecular formula is C19H23ClN2O4S2. The van der Waals surface area contributed by atoms with Gasteiger partial charge >= 0.3 is 0 Å². The predicted octanol–water partition coefficient (Wildman–Crippen LogP) is 3.53. The van der Waals surface area contributed by atoms with Gasteiger partial charge in [0.25, 0.3) is 5.91 Å². The highest BCUT2D eigenvalue weighted by molar-refractivity contribution is 8.16. The molecule has 2 aliphatic heterocycles. The average molecular weight is 443 g/mol. The van der Waals surface area contributed by atoms with Gasteiger partial charge in [0, 0.05) is 16.9 Å². The number of benzene rings is 1. The Morgan fingerprint density at radius 1 is 1.25 bits per heavy atom. The molecule has 1 amide bonds. The van der Waals surface area contributed by atoms with Crippen LogP contribution in [0.4, 0.5) is 5.69 Å². The van der Waals surface area contributed by atoms with E-state index in [1.165, 1.54) is 18.2 Å². The molecule has 0 spiro atoms. The lowest BCUT2D eigenvalue weighted by Crippen LogP contribution is -2.38. The molecule has 1 aliphatic carbocycles. The number of hydrogen-bond acceptors (Lipinski definition) is 5. The van der Waals surface area contributed by atoms with E-state index in [9.17, 15) is 13.2 Å². The third kappa shape index (κ3) is 3.91. The first-order valence-electron chi connectivity index (χ1n) is 9.50. The Kier molecular flexibility index (Phi) is 5.64. The highest BCUT2D eigenvalue weighted by atomic mass is 35.5. The molecule has 152 valence electrons. The van der Waals surface area contributed by atoms with Gasteiger partial charge in [-0.2, -0.15) is 4.99 Å². The molecule has 0 unspecified atom stereocenters. The minimum Gasteiger partial charge on any atom is -0.495 e. The summed E-state index contributed by atoms with van der Waals surface area (Å²) in [7, 11) is -1.56. The van der Waals surface area contributed by atoms with Crippen LogP contribution in [0.15, 0.2) is 23.2 Å². The minimum atomic E-state index is -3.10. The topological polar surface area (TPSA) is 76.0 Å². The molecule has 1 aromatic carbocycles. The summed E-state index contributed by atoms with van der Waals surface area (Å²) in [6.45, 7) is 0. The van der Waals surface area contributed by atoms with Crippen molar-refractivity contribution in [3.63, 3.8) is 0 Å². The SMILES string of the molecule is COc1ccc(N2C(=NC(=O)C3CCCCC3)S[C@H]3CS(=O)(=O)C[C@@H]32)cc1Cl. The first kappa shape index (κ1) is 20.0. The number of hydrogen-bond donors (Lipinski definition) is 0. The fourth-order valence-electron chi connectivity index (χ4n) is 4.21. The van der Waals surface area contributed by atoms with Crippen LogP contribution in [0.5, 0.6) is 5.75 Å². The largest absolute Gasteiger partial charge is 0.495 e. The van der Waals surface area contributed by atoms with Gasteiger partial charge in [-0.25, -0.2) is 8.42 Å². The number of methoxy groups -OCH3 is 1. The van der Waals surface area contributed by atoms with Crippen LogP contribution in [0, 0.1) is 5.92 Å². The van der Waals surface area contributed by atoms with E-state index >= 15 is 0 Å². The molecule has 2 heterocycles. The molecule has 0 bridgehead atoms. The molecule has 6 nitrogen and oxygen atoms in total. The summed E-state index contributed by atoms with van der Waals surface area (Å²) in [5.41, 5.74) is 0.734. The fourth-order valence-corrected chi connectivity index (χ4v) is 8.38. The second kappa shape index (κ2) is 7.88. The molecule has 4 rings (SSSR count). The Hall–Kier alpha value is -1.25. The monoisotopic (exact) mass is 442 g/mol. The number of sulfone groups is 1. The van der Waals surface area contributed by atoms with Crippen molar-refractivity contribution in [3.05, 3.63) is 23.2 Å². The molecule has 0 aromatic heterocycles. The van der Waals surface area contributed by atoms with Crippen molar-refractivity contribution in [1.82, 2.24) is 0 Å². The van der Waals surface area contributed by atoms with Crippen LogP contribution in [-0.2, 0) is 14.6 Å². The number of amides is 1. The molecule has 2 atom stereocenters. The standard InChI is InChI=1S/C19H23ClN2O4S2/c1-26-16-8-7-13(9-14(16)20)22-15-10-28(24,25)11-17(15)27-19(22)21-18(23)12-5-3-2-4-6-12/h7-9,12,15,17H,2-6,10-11H2,1H3/t15-,17-/m0/s1. The second-order valence-corrected chi connectivity index (χ2v) is 11.3. The van der Waals surface area contributed by atoms with Crippen LogP contribution in [0.1, 0.15) is 32.1 Å². The first-order valence-corrected chi connectivity index (χ1v) is 12.6. The summed E-state index contributed by atoms with van der Waals surface area (Å²) in [6, 6.07) is 5.09. The van der Waals surface area contributed by atoms with Gasteiger partial charge in [0.15, 0.2) is 15.0 Å². The van der Waals surface area contributed by atoms with Gasteiger partial charge in [0.2, 0.25) is 0 Å². The van der Waals surface area contributed by atoms with Crippen LogP contribution in [-0.4, -0.2) is 49.4 Å². The van der Waals surface area contributed by atoms with Gasteiger partial charge in [-0.3, -0.25) is 4.79 Å². The number of halogens is 1. The minimum absolute atomic E-state index is 0.0210. The van der Waals surface area contributed by atoms with E-state index in [1.54, 1.807) is 19.2 Å². The zero-order chi connectivity index (χ0) is 19.9. The van der Waals surface area contributed by atoms with Crippen LogP contribution in [0.25, 0.3) is 0 Å².